The summed E-state index contributed by atoms with van der Waals surface area (Å²) in [6, 6.07) is 4.57. The lowest BCUT2D eigenvalue weighted by molar-refractivity contribution is -0.129. The third-order valence-electron chi connectivity index (χ3n) is 3.15. The van der Waals surface area contributed by atoms with Crippen LogP contribution >= 0.6 is 12.2 Å². The van der Waals surface area contributed by atoms with Crippen LogP contribution in [-0.4, -0.2) is 42.5 Å². The van der Waals surface area contributed by atoms with E-state index in [1.807, 2.05) is 13.8 Å². The van der Waals surface area contributed by atoms with Crippen molar-refractivity contribution < 1.29 is 9.18 Å². The highest BCUT2D eigenvalue weighted by atomic mass is 32.1. The molecule has 6 heteroatoms. The third-order valence-corrected chi connectivity index (χ3v) is 3.37. The minimum atomic E-state index is -0.475. The number of halogens is 1. The second-order valence-electron chi connectivity index (χ2n) is 4.45. The average molecular weight is 297 g/mol. The summed E-state index contributed by atoms with van der Waals surface area (Å²) in [5.41, 5.74) is 6.24. The van der Waals surface area contributed by atoms with E-state index in [0.717, 1.165) is 0 Å². The number of thiocarbonyl (C=S) groups is 1. The fourth-order valence-corrected chi connectivity index (χ4v) is 2.08. The van der Waals surface area contributed by atoms with Gasteiger partial charge in [-0.25, -0.2) is 4.39 Å². The smallest absolute Gasteiger partial charge is 0.242 e. The number of anilines is 1. The van der Waals surface area contributed by atoms with Crippen LogP contribution in [0.2, 0.25) is 0 Å². The highest BCUT2D eigenvalue weighted by molar-refractivity contribution is 7.80. The van der Waals surface area contributed by atoms with Crippen LogP contribution in [0.25, 0.3) is 0 Å². The molecule has 20 heavy (non-hydrogen) atoms. The lowest BCUT2D eigenvalue weighted by Gasteiger charge is -2.24. The van der Waals surface area contributed by atoms with Crippen molar-refractivity contribution in [3.8, 4) is 0 Å². The molecule has 0 bridgehead atoms. The lowest BCUT2D eigenvalue weighted by Crippen LogP contribution is -2.38. The second-order valence-corrected chi connectivity index (χ2v) is 4.89. The molecule has 1 aromatic carbocycles. The summed E-state index contributed by atoms with van der Waals surface area (Å²) in [7, 11) is 1.75. The number of carbonyl (C=O) groups excluding carboxylic acids is 1. The summed E-state index contributed by atoms with van der Waals surface area (Å²) in [4.78, 5) is 15.5. The fourth-order valence-electron chi connectivity index (χ4n) is 1.91. The Labute approximate surface area is 124 Å². The van der Waals surface area contributed by atoms with Gasteiger partial charge in [0.1, 0.15) is 10.8 Å². The highest BCUT2D eigenvalue weighted by Gasteiger charge is 2.14. The van der Waals surface area contributed by atoms with Gasteiger partial charge in [0.05, 0.1) is 6.54 Å². The standard InChI is InChI=1S/C14H20FN3OS/c1-4-18(5-2)13(19)9-17(3)10-6-7-11(14(16)20)12(15)8-10/h6-8H,4-5,9H2,1-3H3,(H2,16,20). The molecule has 0 aliphatic rings. The Kier molecular flexibility index (Phi) is 5.88. The zero-order chi connectivity index (χ0) is 15.3. The Morgan fingerprint density at radius 3 is 2.40 bits per heavy atom. The van der Waals surface area contributed by atoms with Crippen molar-refractivity contribution in [2.45, 2.75) is 13.8 Å². The van der Waals surface area contributed by atoms with E-state index in [-0.39, 0.29) is 23.0 Å². The molecule has 1 aromatic rings. The number of hydrogen-bond donors (Lipinski definition) is 1. The third kappa shape index (κ3) is 3.90. The van der Waals surface area contributed by atoms with Gasteiger partial charge in [0.15, 0.2) is 0 Å². The molecule has 1 rings (SSSR count). The number of benzene rings is 1. The van der Waals surface area contributed by atoms with Gasteiger partial charge in [-0.15, -0.1) is 0 Å². The van der Waals surface area contributed by atoms with E-state index < -0.39 is 5.82 Å². The van der Waals surface area contributed by atoms with Gasteiger partial charge < -0.3 is 15.5 Å². The summed E-state index contributed by atoms with van der Waals surface area (Å²) in [5.74, 6) is -0.464. The minimum Gasteiger partial charge on any atom is -0.389 e. The van der Waals surface area contributed by atoms with Crippen LogP contribution in [0.3, 0.4) is 0 Å². The van der Waals surface area contributed by atoms with Crippen LogP contribution in [0.1, 0.15) is 19.4 Å². The van der Waals surface area contributed by atoms with Gasteiger partial charge in [0, 0.05) is 31.4 Å². The Hall–Kier alpha value is -1.69. The van der Waals surface area contributed by atoms with E-state index in [1.54, 1.807) is 22.9 Å². The van der Waals surface area contributed by atoms with Gasteiger partial charge in [0.25, 0.3) is 0 Å². The van der Waals surface area contributed by atoms with Crippen LogP contribution in [0.15, 0.2) is 18.2 Å². The molecular formula is C14H20FN3OS. The van der Waals surface area contributed by atoms with Crippen LogP contribution in [0.4, 0.5) is 10.1 Å². The predicted octanol–water partition coefficient (Wildman–Crippen LogP) is 1.76. The molecule has 1 amide bonds. The first-order valence-electron chi connectivity index (χ1n) is 6.48. The quantitative estimate of drug-likeness (QED) is 0.813. The van der Waals surface area contributed by atoms with Crippen LogP contribution in [-0.2, 0) is 4.79 Å². The Morgan fingerprint density at radius 2 is 1.95 bits per heavy atom. The van der Waals surface area contributed by atoms with Gasteiger partial charge in [-0.2, -0.15) is 0 Å². The molecule has 0 unspecified atom stereocenters. The van der Waals surface area contributed by atoms with Gasteiger partial charge in [0.2, 0.25) is 5.91 Å². The molecule has 0 fully saturated rings. The molecule has 0 atom stereocenters. The molecule has 2 N–H and O–H groups in total. The molecular weight excluding hydrogens is 277 g/mol. The van der Waals surface area contributed by atoms with Gasteiger partial charge >= 0.3 is 0 Å². The maximum absolute atomic E-state index is 13.8. The van der Waals surface area contributed by atoms with E-state index in [1.165, 1.54) is 12.1 Å². The van der Waals surface area contributed by atoms with Gasteiger partial charge in [-0.1, -0.05) is 12.2 Å². The van der Waals surface area contributed by atoms with E-state index in [2.05, 4.69) is 0 Å². The zero-order valence-corrected chi connectivity index (χ0v) is 12.8. The first-order valence-corrected chi connectivity index (χ1v) is 6.89. The number of nitrogens with zero attached hydrogens (tertiary/aromatic N) is 2. The number of amides is 1. The van der Waals surface area contributed by atoms with Crippen molar-refractivity contribution in [3.63, 3.8) is 0 Å². The first kappa shape index (κ1) is 16.4. The first-order chi connectivity index (χ1) is 9.40. The van der Waals surface area contributed by atoms with Gasteiger partial charge in [-0.05, 0) is 32.0 Å². The second kappa shape index (κ2) is 7.19. The number of carbonyl (C=O) groups is 1. The molecule has 4 nitrogen and oxygen atoms in total. The molecule has 0 spiro atoms. The molecule has 0 saturated heterocycles. The Morgan fingerprint density at radius 1 is 1.35 bits per heavy atom. The van der Waals surface area contributed by atoms with E-state index in [0.29, 0.717) is 18.8 Å². The van der Waals surface area contributed by atoms with Crippen LogP contribution in [0.5, 0.6) is 0 Å². The molecule has 0 saturated carbocycles. The molecule has 110 valence electrons. The maximum atomic E-state index is 13.8. The number of nitrogens with two attached hydrogens (primary N) is 1. The molecule has 0 aromatic heterocycles. The van der Waals surface area contributed by atoms with Crippen molar-refractivity contribution in [2.75, 3.05) is 31.6 Å². The minimum absolute atomic E-state index is 0.0105. The Bertz CT molecular complexity index is 503. The lowest BCUT2D eigenvalue weighted by atomic mass is 10.2. The highest BCUT2D eigenvalue weighted by Crippen LogP contribution is 2.17. The van der Waals surface area contributed by atoms with Gasteiger partial charge in [-0.3, -0.25) is 4.79 Å². The fraction of sp³-hybridized carbons (Fsp3) is 0.429. The van der Waals surface area contributed by atoms with Crippen LogP contribution in [0, 0.1) is 5.82 Å². The number of rotatable bonds is 6. The normalized spacial score (nSPS) is 10.2. The predicted molar refractivity (Wildman–Crippen MR) is 83.5 cm³/mol. The summed E-state index contributed by atoms with van der Waals surface area (Å²) < 4.78 is 13.8. The summed E-state index contributed by atoms with van der Waals surface area (Å²) in [6.07, 6.45) is 0. The van der Waals surface area contributed by atoms with Crippen molar-refractivity contribution >= 4 is 28.8 Å². The van der Waals surface area contributed by atoms with E-state index in [4.69, 9.17) is 18.0 Å². The van der Waals surface area contributed by atoms with Crippen molar-refractivity contribution in [3.05, 3.63) is 29.6 Å². The number of hydrogen-bond acceptors (Lipinski definition) is 3. The Balaban J connectivity index is 2.83. The van der Waals surface area contributed by atoms with Crippen molar-refractivity contribution in [2.24, 2.45) is 5.73 Å². The van der Waals surface area contributed by atoms with Crippen molar-refractivity contribution in [1.29, 1.82) is 0 Å². The molecule has 0 radical (unpaired) electrons. The van der Waals surface area contributed by atoms with Crippen molar-refractivity contribution in [1.82, 2.24) is 4.90 Å². The zero-order valence-electron chi connectivity index (χ0n) is 12.0. The largest absolute Gasteiger partial charge is 0.389 e. The SMILES string of the molecule is CCN(CC)C(=O)CN(C)c1ccc(C(N)=S)c(F)c1. The monoisotopic (exact) mass is 297 g/mol. The topological polar surface area (TPSA) is 49.6 Å². The summed E-state index contributed by atoms with van der Waals surface area (Å²) >= 11 is 4.76. The summed E-state index contributed by atoms with van der Waals surface area (Å²) in [6.45, 7) is 5.39. The maximum Gasteiger partial charge on any atom is 0.242 e. The molecule has 0 heterocycles. The van der Waals surface area contributed by atoms with E-state index >= 15 is 0 Å². The molecule has 0 aliphatic heterocycles. The van der Waals surface area contributed by atoms with Crippen LogP contribution < -0.4 is 10.6 Å². The summed E-state index contributed by atoms with van der Waals surface area (Å²) in [5, 5.41) is 0. The molecule has 0 aliphatic carbocycles. The number of likely N-dealkylation sites (N-methyl/N-ethyl adjacent to an activating group) is 2. The van der Waals surface area contributed by atoms with E-state index in [9.17, 15) is 9.18 Å². The average Bonchev–Trinajstić information content (AvgIpc) is 2.39.